The van der Waals surface area contributed by atoms with Gasteiger partial charge in [-0.05, 0) is 41.1 Å². The first-order chi connectivity index (χ1) is 6.15. The Bertz CT molecular complexity index is 336. The molecule has 0 aliphatic heterocycles. The van der Waals surface area contributed by atoms with Gasteiger partial charge in [-0.2, -0.15) is 0 Å². The van der Waals surface area contributed by atoms with Crippen molar-refractivity contribution in [2.24, 2.45) is 10.7 Å². The van der Waals surface area contributed by atoms with Crippen molar-refractivity contribution in [3.8, 4) is 0 Å². The molecule has 0 bridgehead atoms. The number of amidine groups is 1. The molecule has 2 nitrogen and oxygen atoms in total. The summed E-state index contributed by atoms with van der Waals surface area (Å²) in [6.45, 7) is 2.63. The van der Waals surface area contributed by atoms with Crippen LogP contribution in [0.15, 0.2) is 27.7 Å². The number of hydrogen-bond acceptors (Lipinski definition) is 1. The van der Waals surface area contributed by atoms with Crippen LogP contribution in [-0.2, 0) is 0 Å². The molecular weight excluding hydrogens is 251 g/mol. The average Bonchev–Trinajstić information content (AvgIpc) is 2.10. The lowest BCUT2D eigenvalue weighted by atomic mass is 10.2. The van der Waals surface area contributed by atoms with Gasteiger partial charge in [0.2, 0.25) is 0 Å². The van der Waals surface area contributed by atoms with Crippen molar-refractivity contribution in [3.63, 3.8) is 0 Å². The molecule has 0 aromatic heterocycles. The molecule has 4 heteroatoms. The first kappa shape index (κ1) is 10.5. The molecule has 0 aliphatic rings. The number of nitrogens with zero attached hydrogens (tertiary/aromatic N) is 1. The van der Waals surface area contributed by atoms with E-state index in [4.69, 9.17) is 17.3 Å². The van der Waals surface area contributed by atoms with E-state index in [0.717, 1.165) is 10.0 Å². The Morgan fingerprint density at radius 1 is 1.62 bits per heavy atom. The SMILES string of the molecule is CCN=C(N)c1ccc(Cl)c(Br)c1. The van der Waals surface area contributed by atoms with Crippen LogP contribution in [0.5, 0.6) is 0 Å². The third kappa shape index (κ3) is 2.71. The van der Waals surface area contributed by atoms with E-state index in [9.17, 15) is 0 Å². The molecule has 0 saturated carbocycles. The normalized spacial score (nSPS) is 11.8. The molecule has 0 heterocycles. The van der Waals surface area contributed by atoms with E-state index in [1.165, 1.54) is 0 Å². The van der Waals surface area contributed by atoms with Crippen LogP contribution in [0.4, 0.5) is 0 Å². The molecule has 0 amide bonds. The van der Waals surface area contributed by atoms with Crippen LogP contribution in [0.25, 0.3) is 0 Å². The van der Waals surface area contributed by atoms with Gasteiger partial charge in [-0.3, -0.25) is 4.99 Å². The number of benzene rings is 1. The lowest BCUT2D eigenvalue weighted by Gasteiger charge is -2.02. The largest absolute Gasteiger partial charge is 0.384 e. The third-order valence-corrected chi connectivity index (χ3v) is 2.76. The van der Waals surface area contributed by atoms with Crippen molar-refractivity contribution in [1.82, 2.24) is 0 Å². The molecule has 1 aromatic carbocycles. The number of hydrogen-bond donors (Lipinski definition) is 1. The number of rotatable bonds is 2. The van der Waals surface area contributed by atoms with Crippen LogP contribution in [-0.4, -0.2) is 12.4 Å². The van der Waals surface area contributed by atoms with Crippen LogP contribution in [0, 0.1) is 0 Å². The van der Waals surface area contributed by atoms with Gasteiger partial charge in [-0.25, -0.2) is 0 Å². The molecule has 0 fully saturated rings. The fraction of sp³-hybridized carbons (Fsp3) is 0.222. The highest BCUT2D eigenvalue weighted by Crippen LogP contribution is 2.22. The van der Waals surface area contributed by atoms with Crippen LogP contribution >= 0.6 is 27.5 Å². The summed E-state index contributed by atoms with van der Waals surface area (Å²) in [5, 5.41) is 0.674. The molecule has 0 atom stereocenters. The zero-order valence-corrected chi connectivity index (χ0v) is 9.56. The molecule has 0 unspecified atom stereocenters. The van der Waals surface area contributed by atoms with Crippen LogP contribution in [0.1, 0.15) is 12.5 Å². The van der Waals surface area contributed by atoms with Crippen LogP contribution < -0.4 is 5.73 Å². The van der Waals surface area contributed by atoms with Gasteiger partial charge in [0.15, 0.2) is 0 Å². The van der Waals surface area contributed by atoms with Gasteiger partial charge in [-0.1, -0.05) is 11.6 Å². The lowest BCUT2D eigenvalue weighted by Crippen LogP contribution is -2.13. The predicted octanol–water partition coefficient (Wildman–Crippen LogP) is 2.83. The molecule has 1 aromatic rings. The fourth-order valence-corrected chi connectivity index (χ4v) is 1.41. The second-order valence-electron chi connectivity index (χ2n) is 2.49. The van der Waals surface area contributed by atoms with Crippen molar-refractivity contribution in [3.05, 3.63) is 33.3 Å². The zero-order chi connectivity index (χ0) is 9.84. The maximum Gasteiger partial charge on any atom is 0.125 e. The monoisotopic (exact) mass is 260 g/mol. The van der Waals surface area contributed by atoms with E-state index in [1.807, 2.05) is 19.1 Å². The molecule has 0 saturated heterocycles. The molecule has 0 radical (unpaired) electrons. The maximum absolute atomic E-state index is 5.83. The number of aliphatic imine (C=N–C) groups is 1. The molecule has 0 aliphatic carbocycles. The van der Waals surface area contributed by atoms with E-state index >= 15 is 0 Å². The van der Waals surface area contributed by atoms with Crippen molar-refractivity contribution in [2.75, 3.05) is 6.54 Å². The molecular formula is C9H10BrClN2. The van der Waals surface area contributed by atoms with Gasteiger partial charge in [0.05, 0.1) is 5.02 Å². The molecule has 13 heavy (non-hydrogen) atoms. The van der Waals surface area contributed by atoms with Gasteiger partial charge in [0, 0.05) is 16.6 Å². The Labute approximate surface area is 90.9 Å². The Hall–Kier alpha value is -0.540. The maximum atomic E-state index is 5.83. The van der Waals surface area contributed by atoms with E-state index < -0.39 is 0 Å². The van der Waals surface area contributed by atoms with Crippen LogP contribution in [0.2, 0.25) is 5.02 Å². The van der Waals surface area contributed by atoms with Gasteiger partial charge < -0.3 is 5.73 Å². The average molecular weight is 262 g/mol. The molecule has 70 valence electrons. The smallest absolute Gasteiger partial charge is 0.125 e. The summed E-state index contributed by atoms with van der Waals surface area (Å²) in [5.41, 5.74) is 6.60. The second-order valence-corrected chi connectivity index (χ2v) is 3.75. The summed E-state index contributed by atoms with van der Waals surface area (Å²) in [6, 6.07) is 5.50. The van der Waals surface area contributed by atoms with Crippen molar-refractivity contribution in [1.29, 1.82) is 0 Å². The Balaban J connectivity index is 3.04. The minimum Gasteiger partial charge on any atom is -0.384 e. The highest BCUT2D eigenvalue weighted by Gasteiger charge is 2.01. The first-order valence-corrected chi connectivity index (χ1v) is 5.07. The van der Waals surface area contributed by atoms with Crippen molar-refractivity contribution >= 4 is 33.4 Å². The Morgan fingerprint density at radius 2 is 2.31 bits per heavy atom. The summed E-state index contributed by atoms with van der Waals surface area (Å²) in [6.07, 6.45) is 0. The van der Waals surface area contributed by atoms with Gasteiger partial charge in [-0.15, -0.1) is 0 Å². The fourth-order valence-electron chi connectivity index (χ4n) is 0.917. The zero-order valence-electron chi connectivity index (χ0n) is 7.22. The number of nitrogens with two attached hydrogens (primary N) is 1. The summed E-state index contributed by atoms with van der Waals surface area (Å²) in [4.78, 5) is 4.10. The van der Waals surface area contributed by atoms with Gasteiger partial charge in [0.1, 0.15) is 5.84 Å². The summed E-state index contributed by atoms with van der Waals surface area (Å²) in [7, 11) is 0. The van der Waals surface area contributed by atoms with Gasteiger partial charge >= 0.3 is 0 Å². The quantitative estimate of drug-likeness (QED) is 0.645. The molecule has 1 rings (SSSR count). The molecule has 0 spiro atoms. The highest BCUT2D eigenvalue weighted by molar-refractivity contribution is 9.10. The van der Waals surface area contributed by atoms with E-state index in [2.05, 4.69) is 20.9 Å². The standard InChI is InChI=1S/C9H10BrClN2/c1-2-13-9(12)6-3-4-8(11)7(10)5-6/h3-5H,2H2,1H3,(H2,12,13). The van der Waals surface area contributed by atoms with E-state index in [0.29, 0.717) is 17.4 Å². The van der Waals surface area contributed by atoms with Crippen molar-refractivity contribution in [2.45, 2.75) is 6.92 Å². The van der Waals surface area contributed by atoms with Gasteiger partial charge in [0.25, 0.3) is 0 Å². The minimum absolute atomic E-state index is 0.542. The highest BCUT2D eigenvalue weighted by atomic mass is 79.9. The van der Waals surface area contributed by atoms with Crippen molar-refractivity contribution < 1.29 is 0 Å². The predicted molar refractivity (Wildman–Crippen MR) is 60.4 cm³/mol. The third-order valence-electron chi connectivity index (χ3n) is 1.54. The number of halogens is 2. The Kier molecular flexibility index (Phi) is 3.75. The molecule has 2 N–H and O–H groups in total. The summed E-state index contributed by atoms with van der Waals surface area (Å²) >= 11 is 9.16. The summed E-state index contributed by atoms with van der Waals surface area (Å²) in [5.74, 6) is 0.542. The topological polar surface area (TPSA) is 38.4 Å². The van der Waals surface area contributed by atoms with E-state index in [1.54, 1.807) is 6.07 Å². The Morgan fingerprint density at radius 3 is 2.85 bits per heavy atom. The summed E-state index contributed by atoms with van der Waals surface area (Å²) < 4.78 is 0.834. The minimum atomic E-state index is 0.542. The second kappa shape index (κ2) is 4.63. The van der Waals surface area contributed by atoms with E-state index in [-0.39, 0.29) is 0 Å². The van der Waals surface area contributed by atoms with Crippen LogP contribution in [0.3, 0.4) is 0 Å². The lowest BCUT2D eigenvalue weighted by molar-refractivity contribution is 1.12. The first-order valence-electron chi connectivity index (χ1n) is 3.90.